The van der Waals surface area contributed by atoms with Crippen LogP contribution in [0.25, 0.3) is 17.2 Å². The van der Waals surface area contributed by atoms with Crippen LogP contribution in [0.4, 0.5) is 10.2 Å². The number of rotatable bonds is 4. The second-order valence-electron chi connectivity index (χ2n) is 7.53. The summed E-state index contributed by atoms with van der Waals surface area (Å²) in [4.78, 5) is 27.5. The predicted molar refractivity (Wildman–Crippen MR) is 102 cm³/mol. The number of pyridine rings is 1. The molecule has 1 N–H and O–H groups in total. The smallest absolute Gasteiger partial charge is 0.225 e. The first-order valence-corrected chi connectivity index (χ1v) is 9.69. The highest BCUT2D eigenvalue weighted by Crippen LogP contribution is 2.32. The monoisotopic (exact) mass is 380 g/mol. The van der Waals surface area contributed by atoms with Crippen LogP contribution in [0.1, 0.15) is 25.7 Å². The third kappa shape index (κ3) is 3.30. The molecule has 0 unspecified atom stereocenters. The van der Waals surface area contributed by atoms with Crippen LogP contribution in [0.3, 0.4) is 0 Å². The largest absolute Gasteiger partial charge is 0.365 e. The van der Waals surface area contributed by atoms with Crippen LogP contribution in [0.5, 0.6) is 0 Å². The van der Waals surface area contributed by atoms with E-state index in [0.29, 0.717) is 35.4 Å². The predicted octanol–water partition coefficient (Wildman–Crippen LogP) is 2.74. The molecule has 3 aromatic rings. The summed E-state index contributed by atoms with van der Waals surface area (Å²) in [7, 11) is 0. The molecule has 1 aliphatic heterocycles. The van der Waals surface area contributed by atoms with E-state index in [2.05, 4.69) is 20.3 Å². The Morgan fingerprint density at radius 2 is 2.07 bits per heavy atom. The van der Waals surface area contributed by atoms with Crippen LogP contribution >= 0.6 is 0 Å². The first kappa shape index (κ1) is 17.1. The number of carbonyl (C=O) groups excluding carboxylic acids is 1. The molecule has 1 aliphatic carbocycles. The summed E-state index contributed by atoms with van der Waals surface area (Å²) >= 11 is 0. The van der Waals surface area contributed by atoms with Crippen molar-refractivity contribution in [1.82, 2.24) is 24.3 Å². The Labute approximate surface area is 161 Å². The Morgan fingerprint density at radius 3 is 2.93 bits per heavy atom. The summed E-state index contributed by atoms with van der Waals surface area (Å²) in [6, 6.07) is 4.98. The van der Waals surface area contributed by atoms with Crippen molar-refractivity contribution in [3.05, 3.63) is 42.6 Å². The van der Waals surface area contributed by atoms with Crippen LogP contribution in [0.15, 0.2) is 36.8 Å². The van der Waals surface area contributed by atoms with Gasteiger partial charge in [0, 0.05) is 37.4 Å². The van der Waals surface area contributed by atoms with E-state index >= 15 is 0 Å². The molecule has 0 spiro atoms. The van der Waals surface area contributed by atoms with Gasteiger partial charge in [0.1, 0.15) is 23.0 Å². The zero-order chi connectivity index (χ0) is 19.1. The second-order valence-corrected chi connectivity index (χ2v) is 7.53. The number of anilines is 1. The topological polar surface area (TPSA) is 75.4 Å². The Balaban J connectivity index is 1.35. The fourth-order valence-electron chi connectivity index (χ4n) is 3.78. The van der Waals surface area contributed by atoms with Crippen molar-refractivity contribution in [3.63, 3.8) is 0 Å². The molecule has 7 nitrogen and oxygen atoms in total. The third-order valence-corrected chi connectivity index (χ3v) is 5.37. The molecule has 2 aliphatic rings. The van der Waals surface area contributed by atoms with Crippen molar-refractivity contribution >= 4 is 17.4 Å². The van der Waals surface area contributed by atoms with E-state index in [9.17, 15) is 9.18 Å². The number of hydrogen-bond acceptors (Lipinski definition) is 5. The van der Waals surface area contributed by atoms with E-state index in [1.807, 2.05) is 11.0 Å². The number of likely N-dealkylation sites (tertiary alicyclic amines) is 1. The number of carbonyl (C=O) groups is 1. The highest BCUT2D eigenvalue weighted by Gasteiger charge is 2.35. The number of nitrogens with zero attached hydrogens (tertiary/aromatic N) is 5. The zero-order valence-electron chi connectivity index (χ0n) is 15.4. The van der Waals surface area contributed by atoms with Crippen LogP contribution in [-0.4, -0.2) is 49.3 Å². The van der Waals surface area contributed by atoms with Crippen molar-refractivity contribution in [3.8, 4) is 11.5 Å². The van der Waals surface area contributed by atoms with Gasteiger partial charge in [0.25, 0.3) is 0 Å². The lowest BCUT2D eigenvalue weighted by Crippen LogP contribution is -2.45. The first-order chi connectivity index (χ1) is 13.7. The summed E-state index contributed by atoms with van der Waals surface area (Å²) in [5.41, 5.74) is 1.27. The van der Waals surface area contributed by atoms with Gasteiger partial charge in [-0.2, -0.15) is 0 Å². The molecular formula is C20H21FN6O. The van der Waals surface area contributed by atoms with Gasteiger partial charge in [-0.1, -0.05) is 0 Å². The van der Waals surface area contributed by atoms with E-state index in [1.54, 1.807) is 22.9 Å². The average molecular weight is 380 g/mol. The molecule has 28 heavy (non-hydrogen) atoms. The maximum atomic E-state index is 13.6. The minimum absolute atomic E-state index is 0.166. The molecule has 8 heteroatoms. The Morgan fingerprint density at radius 1 is 1.18 bits per heavy atom. The van der Waals surface area contributed by atoms with E-state index in [4.69, 9.17) is 0 Å². The van der Waals surface area contributed by atoms with Crippen molar-refractivity contribution in [2.24, 2.45) is 5.92 Å². The minimum Gasteiger partial charge on any atom is -0.365 e. The van der Waals surface area contributed by atoms with Crippen LogP contribution in [-0.2, 0) is 4.79 Å². The number of aromatic nitrogens is 4. The SMILES string of the molecule is O=C(C1CC1)N1CCC[C@@H](Nc2ccnc(-c3cnc4ccc(F)cn34)n2)C1. The summed E-state index contributed by atoms with van der Waals surface area (Å²) < 4.78 is 15.3. The highest BCUT2D eigenvalue weighted by molar-refractivity contribution is 5.81. The Hall–Kier alpha value is -3.03. The number of piperidine rings is 1. The lowest BCUT2D eigenvalue weighted by Gasteiger charge is -2.33. The molecule has 1 saturated heterocycles. The third-order valence-electron chi connectivity index (χ3n) is 5.37. The molecule has 2 fully saturated rings. The van der Waals surface area contributed by atoms with E-state index in [0.717, 1.165) is 32.2 Å². The van der Waals surface area contributed by atoms with Crippen molar-refractivity contribution < 1.29 is 9.18 Å². The molecule has 4 heterocycles. The highest BCUT2D eigenvalue weighted by atomic mass is 19.1. The number of amides is 1. The molecule has 1 amide bonds. The van der Waals surface area contributed by atoms with Crippen molar-refractivity contribution in [2.45, 2.75) is 31.7 Å². The maximum Gasteiger partial charge on any atom is 0.225 e. The molecule has 1 saturated carbocycles. The molecule has 1 atom stereocenters. The van der Waals surface area contributed by atoms with Gasteiger partial charge in [-0.15, -0.1) is 0 Å². The summed E-state index contributed by atoms with van der Waals surface area (Å²) in [6.45, 7) is 1.55. The van der Waals surface area contributed by atoms with Gasteiger partial charge in [-0.3, -0.25) is 9.20 Å². The number of imidazole rings is 1. The van der Waals surface area contributed by atoms with Crippen molar-refractivity contribution in [2.75, 3.05) is 18.4 Å². The molecule has 0 radical (unpaired) electrons. The molecule has 0 aromatic carbocycles. The average Bonchev–Trinajstić information content (AvgIpc) is 3.47. The second kappa shape index (κ2) is 6.85. The fraction of sp³-hybridized carbons (Fsp3) is 0.400. The van der Waals surface area contributed by atoms with E-state index < -0.39 is 0 Å². The van der Waals surface area contributed by atoms with Crippen LogP contribution in [0, 0.1) is 11.7 Å². The van der Waals surface area contributed by atoms with Gasteiger partial charge in [0.15, 0.2) is 5.82 Å². The minimum atomic E-state index is -0.344. The maximum absolute atomic E-state index is 13.6. The summed E-state index contributed by atoms with van der Waals surface area (Å²) in [6.07, 6.45) is 8.74. The molecule has 5 rings (SSSR count). The zero-order valence-corrected chi connectivity index (χ0v) is 15.4. The van der Waals surface area contributed by atoms with Crippen LogP contribution < -0.4 is 5.32 Å². The number of fused-ring (bicyclic) bond motifs is 1. The number of hydrogen-bond donors (Lipinski definition) is 1. The van der Waals surface area contributed by atoms with Gasteiger partial charge in [-0.05, 0) is 43.9 Å². The summed E-state index contributed by atoms with van der Waals surface area (Å²) in [5.74, 6) is 1.37. The van der Waals surface area contributed by atoms with Gasteiger partial charge < -0.3 is 10.2 Å². The Kier molecular flexibility index (Phi) is 4.18. The van der Waals surface area contributed by atoms with Gasteiger partial charge >= 0.3 is 0 Å². The van der Waals surface area contributed by atoms with Gasteiger partial charge in [0.05, 0.1) is 6.20 Å². The lowest BCUT2D eigenvalue weighted by molar-refractivity contribution is -0.133. The number of halogens is 1. The van der Waals surface area contributed by atoms with Crippen molar-refractivity contribution in [1.29, 1.82) is 0 Å². The Bertz CT molecular complexity index is 1030. The van der Waals surface area contributed by atoms with Gasteiger partial charge in [-0.25, -0.2) is 19.3 Å². The molecule has 144 valence electrons. The van der Waals surface area contributed by atoms with E-state index in [-0.39, 0.29) is 17.8 Å². The quantitative estimate of drug-likeness (QED) is 0.753. The number of nitrogens with one attached hydrogen (secondary N) is 1. The molecule has 3 aromatic heterocycles. The lowest BCUT2D eigenvalue weighted by atomic mass is 10.1. The van der Waals surface area contributed by atoms with E-state index in [1.165, 1.54) is 12.3 Å². The standard InChI is InChI=1S/C20H21FN6O/c21-14-5-6-18-23-10-16(27(18)11-14)19-22-8-7-17(25-19)24-15-2-1-9-26(12-15)20(28)13-3-4-13/h5-8,10-11,13,15H,1-4,9,12H2,(H,22,24,25)/t15-/m1/s1. The summed E-state index contributed by atoms with van der Waals surface area (Å²) in [5, 5.41) is 3.44. The molecular weight excluding hydrogens is 359 g/mol. The van der Waals surface area contributed by atoms with Crippen LogP contribution in [0.2, 0.25) is 0 Å². The normalized spacial score (nSPS) is 19.8. The van der Waals surface area contributed by atoms with Gasteiger partial charge in [0.2, 0.25) is 5.91 Å². The fourth-order valence-corrected chi connectivity index (χ4v) is 3.78. The molecule has 0 bridgehead atoms. The first-order valence-electron chi connectivity index (χ1n) is 9.69.